The number of nitrogens with zero attached hydrogens (tertiary/aromatic N) is 1. The Bertz CT molecular complexity index is 1280. The van der Waals surface area contributed by atoms with Crippen molar-refractivity contribution >= 4 is 30.4 Å². The van der Waals surface area contributed by atoms with Gasteiger partial charge in [-0.2, -0.15) is 0 Å². The number of benzene rings is 3. The molecule has 3 aromatic rings. The summed E-state index contributed by atoms with van der Waals surface area (Å²) in [7, 11) is -4.39. The number of rotatable bonds is 18. The largest absolute Gasteiger partial charge is 0.584 e. The van der Waals surface area contributed by atoms with Crippen LogP contribution in [0.25, 0.3) is 10.8 Å². The molecule has 1 atom stereocenters. The second-order valence-electron chi connectivity index (χ2n) is 10.3. The first-order valence-electron chi connectivity index (χ1n) is 14.5. The second-order valence-corrected chi connectivity index (χ2v) is 12.5. The van der Waals surface area contributed by atoms with Crippen molar-refractivity contribution in [2.75, 3.05) is 12.5 Å². The van der Waals surface area contributed by atoms with Gasteiger partial charge < -0.3 is 18.7 Å². The molecule has 3 aromatic carbocycles. The van der Waals surface area contributed by atoms with Crippen molar-refractivity contribution in [1.29, 1.82) is 0 Å². The lowest BCUT2D eigenvalue weighted by Gasteiger charge is -2.17. The molecule has 0 saturated carbocycles. The van der Waals surface area contributed by atoms with Gasteiger partial charge in [0.2, 0.25) is 0 Å². The van der Waals surface area contributed by atoms with E-state index in [0.29, 0.717) is 18.9 Å². The predicted octanol–water partition coefficient (Wildman–Crippen LogP) is 9.68. The number of ether oxygens (including phenoxy) is 1. The second kappa shape index (κ2) is 16.0. The fraction of sp³-hybridized carbons (Fsp3) is 0.438. The summed E-state index contributed by atoms with van der Waals surface area (Å²) >= 11 is 1.73. The molecule has 0 fully saturated rings. The Morgan fingerprint density at radius 3 is 2.15 bits per heavy atom. The maximum absolute atomic E-state index is 12.8. The molecule has 1 aliphatic heterocycles. The van der Waals surface area contributed by atoms with Crippen molar-refractivity contribution in [2.45, 2.75) is 77.7 Å². The fourth-order valence-corrected chi connectivity index (χ4v) is 6.27. The summed E-state index contributed by atoms with van der Waals surface area (Å²) in [4.78, 5) is 12.6. The van der Waals surface area contributed by atoms with Gasteiger partial charge in [-0.05, 0) is 64.6 Å². The van der Waals surface area contributed by atoms with E-state index in [9.17, 15) is 9.46 Å². The summed E-state index contributed by atoms with van der Waals surface area (Å²) in [6.07, 6.45) is 15.0. The minimum Gasteiger partial charge on any atom is -0.494 e. The highest BCUT2D eigenvalue weighted by molar-refractivity contribution is 8.02. The lowest BCUT2D eigenvalue weighted by Crippen LogP contribution is -2.12. The van der Waals surface area contributed by atoms with E-state index >= 15 is 0 Å². The average Bonchev–Trinajstić information content (AvgIpc) is 3.44. The van der Waals surface area contributed by atoms with Crippen molar-refractivity contribution in [2.24, 2.45) is 0 Å². The van der Waals surface area contributed by atoms with Crippen molar-refractivity contribution < 1.29 is 23.2 Å². The molecule has 6 nitrogen and oxygen atoms in total. The Hall–Kier alpha value is -2.60. The van der Waals surface area contributed by atoms with Crippen molar-refractivity contribution in [3.05, 3.63) is 77.8 Å². The van der Waals surface area contributed by atoms with Crippen LogP contribution in [0.3, 0.4) is 0 Å². The molecule has 0 radical (unpaired) electrons. The Morgan fingerprint density at radius 1 is 0.800 bits per heavy atom. The number of hydrogen-bond acceptors (Lipinski definition) is 6. The van der Waals surface area contributed by atoms with Crippen LogP contribution in [0.5, 0.6) is 17.2 Å². The summed E-state index contributed by atoms with van der Waals surface area (Å²) in [6, 6.07) is 18.4. The third-order valence-corrected chi connectivity index (χ3v) is 8.56. The lowest BCUT2D eigenvalue weighted by molar-refractivity contribution is 0.291. The van der Waals surface area contributed by atoms with Gasteiger partial charge in [0.25, 0.3) is 0 Å². The molecule has 0 aromatic heterocycles. The van der Waals surface area contributed by atoms with E-state index in [4.69, 9.17) is 13.8 Å². The van der Waals surface area contributed by atoms with Gasteiger partial charge in [0.05, 0.1) is 12.5 Å². The molecular weight excluding hydrogens is 541 g/mol. The van der Waals surface area contributed by atoms with Gasteiger partial charge >= 0.3 is 7.82 Å². The average molecular weight is 584 g/mol. The molecule has 0 aliphatic carbocycles. The minimum absolute atomic E-state index is 0.264. The molecule has 8 heteroatoms. The zero-order valence-corrected chi connectivity index (χ0v) is 25.2. The topological polar surface area (TPSA) is 68.2 Å². The molecule has 40 heavy (non-hydrogen) atoms. The van der Waals surface area contributed by atoms with Crippen LogP contribution >= 0.6 is 19.6 Å². The highest BCUT2D eigenvalue weighted by Crippen LogP contribution is 2.45. The van der Waals surface area contributed by atoms with Gasteiger partial charge in [-0.25, -0.2) is 4.57 Å². The summed E-state index contributed by atoms with van der Waals surface area (Å²) < 4.78 is 29.6. The quantitative estimate of drug-likeness (QED) is 0.118. The zero-order valence-electron chi connectivity index (χ0n) is 23.5. The summed E-state index contributed by atoms with van der Waals surface area (Å²) in [5.74, 6) is 2.23. The van der Waals surface area contributed by atoms with Crippen LogP contribution in [-0.4, -0.2) is 22.3 Å². The van der Waals surface area contributed by atoms with Crippen molar-refractivity contribution in [1.82, 2.24) is 4.90 Å². The van der Waals surface area contributed by atoms with E-state index in [2.05, 4.69) is 11.8 Å². The molecule has 1 unspecified atom stereocenters. The number of thioether (sulfide) groups is 1. The van der Waals surface area contributed by atoms with Gasteiger partial charge in [-0.3, -0.25) is 4.89 Å². The van der Waals surface area contributed by atoms with Gasteiger partial charge in [0.1, 0.15) is 17.2 Å². The maximum atomic E-state index is 12.8. The number of unbranched alkanes of at least 4 members (excludes halogenated alkanes) is 9. The van der Waals surface area contributed by atoms with Gasteiger partial charge in [0, 0.05) is 12.7 Å². The van der Waals surface area contributed by atoms with Crippen LogP contribution in [0.2, 0.25) is 0 Å². The molecule has 216 valence electrons. The third-order valence-electron chi connectivity index (χ3n) is 6.88. The molecule has 0 spiro atoms. The van der Waals surface area contributed by atoms with E-state index in [1.807, 2.05) is 48.0 Å². The van der Waals surface area contributed by atoms with E-state index in [1.54, 1.807) is 36.0 Å². The Kier molecular flexibility index (Phi) is 12.1. The monoisotopic (exact) mass is 583 g/mol. The van der Waals surface area contributed by atoms with E-state index in [1.165, 1.54) is 57.8 Å². The first kappa shape index (κ1) is 30.4. The van der Waals surface area contributed by atoms with E-state index in [0.717, 1.165) is 34.4 Å². The number of phosphoric acid groups is 1. The third kappa shape index (κ3) is 10.4. The molecule has 1 N–H and O–H groups in total. The molecule has 1 heterocycles. The van der Waals surface area contributed by atoms with Gasteiger partial charge in [0.15, 0.2) is 0 Å². The number of fused-ring (bicyclic) bond motifs is 1. The molecular formula is C32H42NO5PS. The van der Waals surface area contributed by atoms with E-state index < -0.39 is 7.82 Å². The first-order chi connectivity index (χ1) is 19.5. The smallest absolute Gasteiger partial charge is 0.494 e. The number of hydrogen-bond donors (Lipinski definition) is 1. The molecule has 0 bridgehead atoms. The fourth-order valence-electron chi connectivity index (χ4n) is 4.76. The van der Waals surface area contributed by atoms with Crippen molar-refractivity contribution in [3.63, 3.8) is 0 Å². The Morgan fingerprint density at radius 2 is 1.45 bits per heavy atom. The summed E-state index contributed by atoms with van der Waals surface area (Å²) in [5, 5.41) is 3.92. The van der Waals surface area contributed by atoms with Crippen LogP contribution in [0.15, 0.2) is 72.3 Å². The highest BCUT2D eigenvalue weighted by atomic mass is 32.2. The van der Waals surface area contributed by atoms with Gasteiger partial charge in [-0.15, -0.1) is 11.8 Å². The summed E-state index contributed by atoms with van der Waals surface area (Å²) in [6.45, 7) is 3.64. The molecule has 0 amide bonds. The van der Waals surface area contributed by atoms with Crippen molar-refractivity contribution in [3.8, 4) is 17.2 Å². The normalized spacial score (nSPS) is 14.4. The standard InChI is InChI=1S/C32H42NO5PS/c1-2-3-4-5-6-7-8-9-10-11-20-36-30-17-15-28-16-18-32(24-29(28)23-30)38-39(34,35)37-31-14-12-13-27(22-31)25-33-19-21-40-26-33/h12-19,21-24H,2-11,20,25-26H2,1H3,(H,34,35). The van der Waals surface area contributed by atoms with Crippen LogP contribution in [-0.2, 0) is 11.1 Å². The highest BCUT2D eigenvalue weighted by Gasteiger charge is 2.25. The predicted molar refractivity (Wildman–Crippen MR) is 166 cm³/mol. The van der Waals surface area contributed by atoms with Crippen LogP contribution in [0, 0.1) is 0 Å². The zero-order chi connectivity index (χ0) is 28.0. The van der Waals surface area contributed by atoms with Crippen LogP contribution in [0.1, 0.15) is 76.7 Å². The molecule has 4 rings (SSSR count). The van der Waals surface area contributed by atoms with E-state index in [-0.39, 0.29) is 5.75 Å². The van der Waals surface area contributed by atoms with Crippen LogP contribution in [0.4, 0.5) is 0 Å². The van der Waals surface area contributed by atoms with Crippen LogP contribution < -0.4 is 13.8 Å². The Labute approximate surface area is 243 Å². The number of phosphoric ester groups is 1. The maximum Gasteiger partial charge on any atom is 0.584 e. The lowest BCUT2D eigenvalue weighted by atomic mass is 10.1. The first-order valence-corrected chi connectivity index (χ1v) is 17.0. The molecule has 0 saturated heterocycles. The van der Waals surface area contributed by atoms with Gasteiger partial charge in [-0.1, -0.05) is 89.0 Å². The molecule has 1 aliphatic rings. The Balaban J connectivity index is 1.23. The minimum atomic E-state index is -4.39. The SMILES string of the molecule is CCCCCCCCCCCCOc1ccc2ccc(OP(=O)(O)Oc3cccc(CN4C=CSC4)c3)cc2c1. The summed E-state index contributed by atoms with van der Waals surface area (Å²) in [5.41, 5.74) is 0.987.